The summed E-state index contributed by atoms with van der Waals surface area (Å²) in [5.41, 5.74) is 0.517. The van der Waals surface area contributed by atoms with Crippen LogP contribution in [0.2, 0.25) is 0 Å². The lowest BCUT2D eigenvalue weighted by atomic mass is 10.1. The molecule has 0 aromatic carbocycles. The van der Waals surface area contributed by atoms with Gasteiger partial charge in [-0.3, -0.25) is 19.8 Å². The Balaban J connectivity index is 0.000000221. The normalized spacial score (nSPS) is 22.8. The summed E-state index contributed by atoms with van der Waals surface area (Å²) >= 11 is 6.72. The minimum Gasteiger partial charge on any atom is -0.444 e. The van der Waals surface area contributed by atoms with Crippen molar-refractivity contribution in [3.8, 4) is 0 Å². The fraction of sp³-hybridized carbons (Fsp3) is 0.647. The van der Waals surface area contributed by atoms with E-state index >= 15 is 0 Å². The van der Waals surface area contributed by atoms with Gasteiger partial charge in [-0.15, -0.1) is 0 Å². The Labute approximate surface area is 306 Å². The number of amides is 2. The molecule has 2 aromatic heterocycles. The van der Waals surface area contributed by atoms with E-state index in [0.717, 1.165) is 27.7 Å². The molecular formula is C34H50Br2N6O7. The first-order valence-corrected chi connectivity index (χ1v) is 18.2. The molecule has 0 aliphatic carbocycles. The third kappa shape index (κ3) is 12.1. The summed E-state index contributed by atoms with van der Waals surface area (Å²) in [7, 11) is 0. The quantitative estimate of drug-likeness (QED) is 0.437. The minimum absolute atomic E-state index is 0.0116. The topological polar surface area (TPSA) is 141 Å². The van der Waals surface area contributed by atoms with E-state index < -0.39 is 17.3 Å². The lowest BCUT2D eigenvalue weighted by Crippen LogP contribution is -2.60. The number of piperazine rings is 2. The molecule has 5 rings (SSSR count). The lowest BCUT2D eigenvalue weighted by molar-refractivity contribution is -0.0919. The summed E-state index contributed by atoms with van der Waals surface area (Å²) in [5, 5.41) is 20.1. The highest BCUT2D eigenvalue weighted by molar-refractivity contribution is 9.10. The number of aromatic nitrogens is 2. The fourth-order valence-corrected chi connectivity index (χ4v) is 6.20. The van der Waals surface area contributed by atoms with Gasteiger partial charge in [0, 0.05) is 73.7 Å². The van der Waals surface area contributed by atoms with Gasteiger partial charge in [-0.2, -0.15) is 0 Å². The number of hydrogen-bond donors (Lipinski definition) is 2. The molecule has 2 N–H and O–H groups in total. The lowest BCUT2D eigenvalue weighted by Gasteiger charge is -2.45. The van der Waals surface area contributed by atoms with Gasteiger partial charge >= 0.3 is 12.2 Å². The summed E-state index contributed by atoms with van der Waals surface area (Å²) in [6, 6.07) is 7.55. The molecule has 49 heavy (non-hydrogen) atoms. The van der Waals surface area contributed by atoms with Crippen molar-refractivity contribution in [2.75, 3.05) is 65.6 Å². The van der Waals surface area contributed by atoms with Gasteiger partial charge in [0.1, 0.15) is 23.4 Å². The molecule has 5 heterocycles. The Morgan fingerprint density at radius 1 is 0.878 bits per heavy atom. The number of morpholine rings is 1. The van der Waals surface area contributed by atoms with E-state index in [0.29, 0.717) is 51.6 Å². The maximum absolute atomic E-state index is 12.2. The predicted octanol–water partition coefficient (Wildman–Crippen LogP) is 4.63. The van der Waals surface area contributed by atoms with E-state index in [-0.39, 0.29) is 37.0 Å². The zero-order valence-corrected chi connectivity index (χ0v) is 32.4. The van der Waals surface area contributed by atoms with E-state index in [2.05, 4.69) is 46.7 Å². The maximum Gasteiger partial charge on any atom is 0.410 e. The van der Waals surface area contributed by atoms with E-state index in [1.54, 1.807) is 28.3 Å². The van der Waals surface area contributed by atoms with Crippen LogP contribution in [-0.4, -0.2) is 141 Å². The van der Waals surface area contributed by atoms with Crippen molar-refractivity contribution < 1.29 is 34.0 Å². The number of hydrogen-bond acceptors (Lipinski definition) is 11. The van der Waals surface area contributed by atoms with Crippen LogP contribution in [0, 0.1) is 0 Å². The molecule has 2 amide bonds. The third-order valence-electron chi connectivity index (χ3n) is 8.19. The molecule has 0 radical (unpaired) electrons. The van der Waals surface area contributed by atoms with Crippen LogP contribution >= 0.6 is 31.9 Å². The van der Waals surface area contributed by atoms with Crippen molar-refractivity contribution in [2.24, 2.45) is 0 Å². The van der Waals surface area contributed by atoms with Crippen LogP contribution < -0.4 is 0 Å². The van der Waals surface area contributed by atoms with Gasteiger partial charge in [-0.05, 0) is 97.7 Å². The number of carbonyl (C=O) groups excluding carboxylic acids is 2. The van der Waals surface area contributed by atoms with E-state index in [1.807, 2.05) is 64.6 Å². The molecule has 3 aliphatic rings. The Kier molecular flexibility index (Phi) is 13.8. The molecule has 0 spiro atoms. The summed E-state index contributed by atoms with van der Waals surface area (Å²) in [5.74, 6) is 0. The monoisotopic (exact) mass is 812 g/mol. The fourth-order valence-electron chi connectivity index (χ4n) is 5.73. The number of aliphatic hydroxyl groups excluding tert-OH is 2. The maximum atomic E-state index is 12.2. The molecule has 3 saturated heterocycles. The summed E-state index contributed by atoms with van der Waals surface area (Å²) in [4.78, 5) is 40.8. The molecule has 2 aromatic rings. The second kappa shape index (κ2) is 17.2. The number of nitrogens with zero attached hydrogens (tertiary/aromatic N) is 6. The highest BCUT2D eigenvalue weighted by atomic mass is 79.9. The summed E-state index contributed by atoms with van der Waals surface area (Å²) < 4.78 is 18.7. The van der Waals surface area contributed by atoms with Gasteiger partial charge in [0.15, 0.2) is 0 Å². The zero-order chi connectivity index (χ0) is 35.9. The minimum atomic E-state index is -0.754. The van der Waals surface area contributed by atoms with Crippen molar-refractivity contribution >= 4 is 44.0 Å². The molecule has 2 unspecified atom stereocenters. The van der Waals surface area contributed by atoms with Gasteiger partial charge in [-0.1, -0.05) is 0 Å². The predicted molar refractivity (Wildman–Crippen MR) is 191 cm³/mol. The highest BCUT2D eigenvalue weighted by Gasteiger charge is 2.37. The number of β-amino-alcohol motifs (C(OH)–C–C–N with tert-alkyl or cyclic N) is 1. The van der Waals surface area contributed by atoms with Gasteiger partial charge in [0.2, 0.25) is 0 Å². The standard InChI is InChI=1S/C17H26BrN3O4.C17H24BrN3O3/c1-17(2,3)25-16(24)21-7-6-20(13(9-21)11-22)10-15(23)14-5-4-12(18)8-19-14;1-17(2,3)24-16(22)21-7-6-20-10-15(23-11-13(20)9-21)14-5-4-12(18)8-19-14/h4-5,8,13,15,22-23H,6-7,9-11H2,1-3H3;4-5,8,13,15H,6-7,9-11H2,1-3H3/t2*13-,15?/m00/s1. The van der Waals surface area contributed by atoms with Crippen molar-refractivity contribution in [3.05, 3.63) is 57.0 Å². The Hall–Kier alpha value is -2.40. The van der Waals surface area contributed by atoms with Crippen LogP contribution in [0.1, 0.15) is 65.1 Å². The van der Waals surface area contributed by atoms with Gasteiger partial charge in [0.25, 0.3) is 0 Å². The number of ether oxygens (including phenoxy) is 3. The second-order valence-corrected chi connectivity index (χ2v) is 16.3. The van der Waals surface area contributed by atoms with Crippen LogP contribution in [0.25, 0.3) is 0 Å². The molecule has 0 bridgehead atoms. The Bertz CT molecular complexity index is 1370. The number of pyridine rings is 2. The first-order chi connectivity index (χ1) is 23.0. The van der Waals surface area contributed by atoms with Crippen LogP contribution in [0.5, 0.6) is 0 Å². The van der Waals surface area contributed by atoms with E-state index in [1.165, 1.54) is 0 Å². The number of fused-ring (bicyclic) bond motifs is 1. The summed E-state index contributed by atoms with van der Waals surface area (Å²) in [6.45, 7) is 16.4. The van der Waals surface area contributed by atoms with Crippen molar-refractivity contribution in [1.82, 2.24) is 29.6 Å². The largest absolute Gasteiger partial charge is 0.444 e. The van der Waals surface area contributed by atoms with Crippen LogP contribution in [0.4, 0.5) is 9.59 Å². The number of aliphatic hydroxyl groups is 2. The first kappa shape index (κ1) is 39.4. The molecule has 0 saturated carbocycles. The second-order valence-electron chi connectivity index (χ2n) is 14.5. The van der Waals surface area contributed by atoms with Crippen molar-refractivity contribution in [2.45, 2.75) is 77.0 Å². The molecule has 13 nitrogen and oxygen atoms in total. The average molecular weight is 815 g/mol. The zero-order valence-electron chi connectivity index (χ0n) is 29.2. The number of halogens is 2. The molecular weight excluding hydrogens is 764 g/mol. The van der Waals surface area contributed by atoms with Crippen LogP contribution in [0.15, 0.2) is 45.6 Å². The van der Waals surface area contributed by atoms with Crippen molar-refractivity contribution in [1.29, 1.82) is 0 Å². The third-order valence-corrected chi connectivity index (χ3v) is 9.13. The van der Waals surface area contributed by atoms with Gasteiger partial charge < -0.3 is 34.2 Å². The van der Waals surface area contributed by atoms with Crippen molar-refractivity contribution in [3.63, 3.8) is 0 Å². The summed E-state index contributed by atoms with van der Waals surface area (Å²) in [6.07, 6.45) is 2.06. The van der Waals surface area contributed by atoms with Gasteiger partial charge in [0.05, 0.1) is 36.7 Å². The molecule has 272 valence electrons. The number of rotatable bonds is 5. The van der Waals surface area contributed by atoms with Crippen LogP contribution in [0.3, 0.4) is 0 Å². The first-order valence-electron chi connectivity index (χ1n) is 16.6. The molecule has 3 aliphatic heterocycles. The Morgan fingerprint density at radius 3 is 2.02 bits per heavy atom. The number of carbonyl (C=O) groups is 2. The molecule has 4 atom stereocenters. The van der Waals surface area contributed by atoms with Crippen LogP contribution in [-0.2, 0) is 14.2 Å². The smallest absolute Gasteiger partial charge is 0.410 e. The van der Waals surface area contributed by atoms with E-state index in [4.69, 9.17) is 14.2 Å². The average Bonchev–Trinajstić information content (AvgIpc) is 3.03. The highest BCUT2D eigenvalue weighted by Crippen LogP contribution is 2.27. The van der Waals surface area contributed by atoms with E-state index in [9.17, 15) is 19.8 Å². The molecule has 3 fully saturated rings. The Morgan fingerprint density at radius 2 is 1.47 bits per heavy atom. The van der Waals surface area contributed by atoms with Gasteiger partial charge in [-0.25, -0.2) is 9.59 Å². The SMILES string of the molecule is CC(C)(C)OC(=O)N1CCN(CC(O)c2ccc(Br)cn2)[C@H](CO)C1.CC(C)(C)OC(=O)N1CCN2CC(c3ccc(Br)cn3)OC[C@@H]2C1. The molecule has 15 heteroatoms.